The van der Waals surface area contributed by atoms with Crippen molar-refractivity contribution in [3.8, 4) is 0 Å². The van der Waals surface area contributed by atoms with Gasteiger partial charge in [-0.05, 0) is 30.7 Å². The van der Waals surface area contributed by atoms with Gasteiger partial charge in [-0.3, -0.25) is 14.1 Å². The van der Waals surface area contributed by atoms with Crippen LogP contribution in [0.4, 0.5) is 0 Å². The maximum Gasteiger partial charge on any atom is 0.353 e. The minimum atomic E-state index is -1.08. The number of aromatic nitrogens is 2. The highest BCUT2D eigenvalue weighted by Gasteiger charge is 2.49. The molecular weight excluding hydrogens is 358 g/mol. The summed E-state index contributed by atoms with van der Waals surface area (Å²) in [5.41, 5.74) is 3.64. The van der Waals surface area contributed by atoms with Crippen molar-refractivity contribution in [2.45, 2.75) is 12.3 Å². The molecule has 4 heterocycles. The number of amides is 1. The molecular formula is C17H11N3O3S2. The lowest BCUT2D eigenvalue weighted by Crippen LogP contribution is -2.51. The normalized spacial score (nSPS) is 21.1. The average molecular weight is 369 g/mol. The molecule has 124 valence electrons. The SMILES string of the molecule is Cc1ccc2c(c1)sc1nc(C=C3C(=O)N4C(C(=O)O)=CS[C@H]34)cn12. The molecule has 0 aliphatic carbocycles. The van der Waals surface area contributed by atoms with Crippen molar-refractivity contribution in [2.24, 2.45) is 0 Å². The van der Waals surface area contributed by atoms with E-state index in [0.29, 0.717) is 11.3 Å². The summed E-state index contributed by atoms with van der Waals surface area (Å²) in [7, 11) is 0. The fourth-order valence-electron chi connectivity index (χ4n) is 3.12. The summed E-state index contributed by atoms with van der Waals surface area (Å²) in [6.07, 6.45) is 3.67. The summed E-state index contributed by atoms with van der Waals surface area (Å²) < 4.78 is 3.20. The quantitative estimate of drug-likeness (QED) is 0.555. The van der Waals surface area contributed by atoms with E-state index in [-0.39, 0.29) is 17.0 Å². The summed E-state index contributed by atoms with van der Waals surface area (Å²) >= 11 is 2.94. The van der Waals surface area contributed by atoms with Crippen LogP contribution in [0.25, 0.3) is 21.3 Å². The van der Waals surface area contributed by atoms with Gasteiger partial charge < -0.3 is 5.11 Å². The Kier molecular flexibility index (Phi) is 2.93. The Labute approximate surface area is 150 Å². The van der Waals surface area contributed by atoms with E-state index in [1.807, 2.05) is 10.6 Å². The number of rotatable bonds is 2. The highest BCUT2D eigenvalue weighted by Crippen LogP contribution is 2.45. The van der Waals surface area contributed by atoms with Crippen molar-refractivity contribution < 1.29 is 14.7 Å². The van der Waals surface area contributed by atoms with E-state index in [2.05, 4.69) is 30.1 Å². The van der Waals surface area contributed by atoms with Crippen molar-refractivity contribution in [2.75, 3.05) is 0 Å². The highest BCUT2D eigenvalue weighted by molar-refractivity contribution is 8.03. The van der Waals surface area contributed by atoms with Gasteiger partial charge in [0.25, 0.3) is 5.91 Å². The Balaban J connectivity index is 1.52. The van der Waals surface area contributed by atoms with Crippen molar-refractivity contribution in [1.82, 2.24) is 14.3 Å². The first-order valence-corrected chi connectivity index (χ1v) is 9.31. The van der Waals surface area contributed by atoms with Gasteiger partial charge in [0.05, 0.1) is 21.5 Å². The topological polar surface area (TPSA) is 74.9 Å². The summed E-state index contributed by atoms with van der Waals surface area (Å²) in [5, 5.41) is 10.4. The number of thioether (sulfide) groups is 1. The summed E-state index contributed by atoms with van der Waals surface area (Å²) in [6, 6.07) is 6.27. The molecule has 1 amide bonds. The maximum absolute atomic E-state index is 12.3. The summed E-state index contributed by atoms with van der Waals surface area (Å²) in [4.78, 5) is 30.2. The molecule has 8 heteroatoms. The first-order valence-electron chi connectivity index (χ1n) is 7.55. The predicted octanol–water partition coefficient (Wildman–Crippen LogP) is 3.08. The number of carboxylic acid groups (broad SMARTS) is 1. The zero-order valence-corrected chi connectivity index (χ0v) is 14.6. The number of nitrogens with zero attached hydrogens (tertiary/aromatic N) is 3. The lowest BCUT2D eigenvalue weighted by Gasteiger charge is -2.36. The van der Waals surface area contributed by atoms with E-state index < -0.39 is 5.97 Å². The van der Waals surface area contributed by atoms with Crippen molar-refractivity contribution in [3.05, 3.63) is 52.3 Å². The fraction of sp³-hybridized carbons (Fsp3) is 0.118. The van der Waals surface area contributed by atoms with Gasteiger partial charge in [0.2, 0.25) is 0 Å². The van der Waals surface area contributed by atoms with Crippen LogP contribution in [-0.4, -0.2) is 36.6 Å². The second-order valence-corrected chi connectivity index (χ2v) is 7.93. The zero-order valence-electron chi connectivity index (χ0n) is 13.0. The minimum Gasteiger partial charge on any atom is -0.477 e. The second kappa shape index (κ2) is 4.96. The molecule has 1 N–H and O–H groups in total. The fourth-order valence-corrected chi connectivity index (χ4v) is 5.35. The van der Waals surface area contributed by atoms with Crippen molar-refractivity contribution in [3.63, 3.8) is 0 Å². The molecule has 3 aromatic rings. The van der Waals surface area contributed by atoms with Gasteiger partial charge in [0.15, 0.2) is 4.96 Å². The molecule has 1 saturated heterocycles. The van der Waals surface area contributed by atoms with Crippen LogP contribution in [0.15, 0.2) is 41.1 Å². The van der Waals surface area contributed by atoms with E-state index >= 15 is 0 Å². The molecule has 1 atom stereocenters. The van der Waals surface area contributed by atoms with Gasteiger partial charge in [-0.25, -0.2) is 9.78 Å². The molecule has 1 fully saturated rings. The number of thiazole rings is 1. The van der Waals surface area contributed by atoms with Crippen LogP contribution in [0.2, 0.25) is 0 Å². The van der Waals surface area contributed by atoms with Crippen LogP contribution in [0.1, 0.15) is 11.3 Å². The molecule has 2 aliphatic heterocycles. The molecule has 2 aromatic heterocycles. The van der Waals surface area contributed by atoms with Crippen LogP contribution < -0.4 is 0 Å². The number of aryl methyl sites for hydroxylation is 1. The monoisotopic (exact) mass is 369 g/mol. The number of aliphatic carboxylic acids is 1. The van der Waals surface area contributed by atoms with Gasteiger partial charge in [-0.15, -0.1) is 11.8 Å². The van der Waals surface area contributed by atoms with Gasteiger partial charge in [0, 0.05) is 11.6 Å². The lowest BCUT2D eigenvalue weighted by atomic mass is 10.0. The summed E-state index contributed by atoms with van der Waals surface area (Å²) in [5.74, 6) is -1.34. The first-order chi connectivity index (χ1) is 12.0. The van der Waals surface area contributed by atoms with Crippen LogP contribution in [0, 0.1) is 6.92 Å². The Morgan fingerprint density at radius 1 is 1.40 bits per heavy atom. The van der Waals surface area contributed by atoms with Crippen LogP contribution in [-0.2, 0) is 9.59 Å². The number of carbonyl (C=O) groups excluding carboxylic acids is 1. The van der Waals surface area contributed by atoms with Gasteiger partial charge in [-0.1, -0.05) is 17.4 Å². The van der Waals surface area contributed by atoms with Crippen LogP contribution >= 0.6 is 23.1 Å². The largest absolute Gasteiger partial charge is 0.477 e. The molecule has 0 unspecified atom stereocenters. The van der Waals surface area contributed by atoms with Crippen molar-refractivity contribution in [1.29, 1.82) is 0 Å². The molecule has 6 nitrogen and oxygen atoms in total. The van der Waals surface area contributed by atoms with Gasteiger partial charge in [-0.2, -0.15) is 0 Å². The molecule has 1 aromatic carbocycles. The standard InChI is InChI=1S/C17H11N3O3S2/c1-8-2-3-11-13(4-8)25-17-18-9(6-19(11)17)5-10-14(21)20-12(16(22)23)7-24-15(10)20/h2-7,15H,1H3,(H,22,23)/t15-/m1/s1. The zero-order chi connectivity index (χ0) is 17.3. The molecule has 5 rings (SSSR count). The first kappa shape index (κ1) is 14.7. The minimum absolute atomic E-state index is 0.0457. The number of hydrogen-bond acceptors (Lipinski definition) is 5. The van der Waals surface area contributed by atoms with Gasteiger partial charge >= 0.3 is 5.97 Å². The molecule has 25 heavy (non-hydrogen) atoms. The van der Waals surface area contributed by atoms with Gasteiger partial charge in [0.1, 0.15) is 11.1 Å². The van der Waals surface area contributed by atoms with E-state index in [4.69, 9.17) is 5.11 Å². The number of carboxylic acids is 1. The smallest absolute Gasteiger partial charge is 0.353 e. The lowest BCUT2D eigenvalue weighted by molar-refractivity contribution is -0.141. The van der Waals surface area contributed by atoms with Crippen LogP contribution in [0.5, 0.6) is 0 Å². The summed E-state index contributed by atoms with van der Waals surface area (Å²) in [6.45, 7) is 2.06. The Morgan fingerprint density at radius 3 is 3.04 bits per heavy atom. The third-order valence-corrected chi connectivity index (χ3v) is 6.42. The number of fused-ring (bicyclic) bond motifs is 4. The van der Waals surface area contributed by atoms with E-state index in [0.717, 1.165) is 10.5 Å². The predicted molar refractivity (Wildman–Crippen MR) is 97.2 cm³/mol. The third kappa shape index (κ3) is 2.01. The van der Waals surface area contributed by atoms with Crippen LogP contribution in [0.3, 0.4) is 0 Å². The third-order valence-electron chi connectivity index (χ3n) is 4.33. The number of carbonyl (C=O) groups is 2. The van der Waals surface area contributed by atoms with E-state index in [1.54, 1.807) is 17.4 Å². The number of hydrogen-bond donors (Lipinski definition) is 1. The molecule has 0 spiro atoms. The number of imidazole rings is 1. The maximum atomic E-state index is 12.3. The molecule has 2 aliphatic rings. The molecule has 0 radical (unpaired) electrons. The molecule has 0 saturated carbocycles. The van der Waals surface area contributed by atoms with E-state index in [1.165, 1.54) is 32.3 Å². The highest BCUT2D eigenvalue weighted by atomic mass is 32.2. The second-order valence-electron chi connectivity index (χ2n) is 5.96. The Bertz CT molecular complexity index is 1150. The average Bonchev–Trinajstić information content (AvgIpc) is 3.22. The van der Waals surface area contributed by atoms with Crippen molar-refractivity contribution >= 4 is 56.2 Å². The Hall–Kier alpha value is -2.58. The number of benzene rings is 1. The Morgan fingerprint density at radius 2 is 2.24 bits per heavy atom. The molecule has 0 bridgehead atoms. The van der Waals surface area contributed by atoms with E-state index in [9.17, 15) is 9.59 Å². The number of β-lactam (4-membered cyclic amide) rings is 1.